The van der Waals surface area contributed by atoms with Crippen molar-refractivity contribution in [1.82, 2.24) is 0 Å². The number of hydrogen-bond donors (Lipinski definition) is 5. The number of amidine groups is 1. The monoisotopic (exact) mass is 496 g/mol. The number of carboxylic acid groups (broad SMARTS) is 1. The van der Waals surface area contributed by atoms with Gasteiger partial charge in [0.25, 0.3) is 11.8 Å². The van der Waals surface area contributed by atoms with E-state index in [9.17, 15) is 27.9 Å². The van der Waals surface area contributed by atoms with Gasteiger partial charge in [-0.3, -0.25) is 15.0 Å². The lowest BCUT2D eigenvalue weighted by molar-refractivity contribution is -0.192. The second-order valence-electron chi connectivity index (χ2n) is 7.34. The van der Waals surface area contributed by atoms with Crippen LogP contribution in [0.4, 0.5) is 24.5 Å². The van der Waals surface area contributed by atoms with E-state index in [1.165, 1.54) is 4.90 Å². The van der Waals surface area contributed by atoms with Gasteiger partial charge in [0, 0.05) is 23.5 Å². The van der Waals surface area contributed by atoms with Gasteiger partial charge in [-0.15, -0.1) is 0 Å². The Labute approximate surface area is 197 Å². The lowest BCUT2D eigenvalue weighted by atomic mass is 10.1. The van der Waals surface area contributed by atoms with E-state index in [2.05, 4.69) is 5.32 Å². The summed E-state index contributed by atoms with van der Waals surface area (Å²) in [5.41, 5.74) is 8.07. The molecule has 35 heavy (non-hydrogen) atoms. The fourth-order valence-corrected chi connectivity index (χ4v) is 2.90. The fourth-order valence-electron chi connectivity index (χ4n) is 2.90. The van der Waals surface area contributed by atoms with Crippen LogP contribution in [0.1, 0.15) is 11.1 Å². The average Bonchev–Trinajstić information content (AvgIpc) is 2.79. The molecule has 1 heterocycles. The van der Waals surface area contributed by atoms with Crippen molar-refractivity contribution in [3.8, 4) is 0 Å². The molecule has 13 heteroatoms. The highest BCUT2D eigenvalue weighted by molar-refractivity contribution is 6.04. The molecular formula is C22H23F3N4O6. The minimum absolute atomic E-state index is 0.0877. The number of rotatable bonds is 5. The minimum atomic E-state index is -5.08. The number of nitrogen functional groups attached to an aromatic ring is 1. The molecule has 2 atom stereocenters. The first kappa shape index (κ1) is 27.3. The Kier molecular flexibility index (Phi) is 8.92. The number of carboxylic acids is 1. The first-order valence-corrected chi connectivity index (χ1v) is 10.0. The van der Waals surface area contributed by atoms with E-state index in [0.29, 0.717) is 23.5 Å². The average molecular weight is 496 g/mol. The van der Waals surface area contributed by atoms with Crippen LogP contribution in [0.3, 0.4) is 0 Å². The third kappa shape index (κ3) is 7.52. The predicted molar refractivity (Wildman–Crippen MR) is 119 cm³/mol. The van der Waals surface area contributed by atoms with Crippen LogP contribution < -0.4 is 16.0 Å². The number of nitrogens with one attached hydrogen (secondary N) is 2. The summed E-state index contributed by atoms with van der Waals surface area (Å²) in [7, 11) is 0. The summed E-state index contributed by atoms with van der Waals surface area (Å²) in [6.07, 6.45) is -8.03. The molecule has 0 radical (unpaired) electrons. The summed E-state index contributed by atoms with van der Waals surface area (Å²) >= 11 is 0. The number of aryl methyl sites for hydroxylation is 1. The molecule has 1 saturated heterocycles. The van der Waals surface area contributed by atoms with Gasteiger partial charge in [-0.25, -0.2) is 4.79 Å². The normalized spacial score (nSPS) is 16.5. The highest BCUT2D eigenvalue weighted by Gasteiger charge is 2.39. The number of carbonyl (C=O) groups is 3. The number of aliphatic carboxylic acids is 1. The quantitative estimate of drug-likeness (QED) is 0.310. The van der Waals surface area contributed by atoms with Crippen LogP contribution in [-0.2, 0) is 19.1 Å². The fraction of sp³-hybridized carbons (Fsp3) is 0.273. The highest BCUT2D eigenvalue weighted by atomic mass is 19.4. The molecule has 2 aromatic carbocycles. The van der Waals surface area contributed by atoms with Crippen LogP contribution in [0.5, 0.6) is 0 Å². The number of halogens is 3. The number of anilines is 2. The first-order valence-electron chi connectivity index (χ1n) is 10.0. The van der Waals surface area contributed by atoms with Gasteiger partial charge in [0.15, 0.2) is 12.2 Å². The van der Waals surface area contributed by atoms with Crippen molar-refractivity contribution < 1.29 is 42.5 Å². The number of morpholine rings is 1. The van der Waals surface area contributed by atoms with E-state index in [0.717, 1.165) is 5.56 Å². The van der Waals surface area contributed by atoms with Crippen LogP contribution >= 0.6 is 0 Å². The molecule has 0 aliphatic carbocycles. The Hall–Kier alpha value is -3.97. The zero-order valence-corrected chi connectivity index (χ0v) is 18.4. The van der Waals surface area contributed by atoms with Gasteiger partial charge in [0.1, 0.15) is 5.84 Å². The topological polar surface area (TPSA) is 166 Å². The van der Waals surface area contributed by atoms with Crippen molar-refractivity contribution in [3.05, 3.63) is 59.7 Å². The van der Waals surface area contributed by atoms with Crippen LogP contribution in [0.25, 0.3) is 0 Å². The second kappa shape index (κ2) is 11.4. The van der Waals surface area contributed by atoms with E-state index >= 15 is 0 Å². The molecule has 6 N–H and O–H groups in total. The largest absolute Gasteiger partial charge is 0.490 e. The number of amides is 2. The van der Waals surface area contributed by atoms with Crippen molar-refractivity contribution in [2.45, 2.75) is 25.3 Å². The Morgan fingerprint density at radius 3 is 2.20 bits per heavy atom. The summed E-state index contributed by atoms with van der Waals surface area (Å²) in [4.78, 5) is 35.5. The maximum Gasteiger partial charge on any atom is 0.490 e. The molecule has 1 fully saturated rings. The molecule has 3 rings (SSSR count). The molecule has 2 amide bonds. The summed E-state index contributed by atoms with van der Waals surface area (Å²) in [5, 5.41) is 27.4. The molecule has 0 spiro atoms. The lowest BCUT2D eigenvalue weighted by Gasteiger charge is -2.34. The van der Waals surface area contributed by atoms with Gasteiger partial charge < -0.3 is 30.9 Å². The zero-order valence-electron chi connectivity index (χ0n) is 18.4. The molecular weight excluding hydrogens is 473 g/mol. The maximum atomic E-state index is 12.8. The number of hydrogen-bond acceptors (Lipinski definition) is 6. The molecule has 1 aliphatic rings. The number of benzene rings is 2. The lowest BCUT2D eigenvalue weighted by Crippen LogP contribution is -2.55. The van der Waals surface area contributed by atoms with Gasteiger partial charge in [-0.05, 0) is 43.3 Å². The standard InChI is InChI=1S/C20H22N4O4.C2HF3O2/c1-12-2-8-15(9-3-12)24-10-11-28-17(20(24)27)16(25)19(26)23-14-6-4-13(5-7-14)18(21)22;3-2(4,5)1(6)7/h2-9,16-17,25H,10-11H2,1H3,(H3,21,22)(H,23,26);(H,6,7). The SMILES string of the molecule is Cc1ccc(N2CCOC(C(O)C(=O)Nc3ccc(C(=N)N)cc3)C2=O)cc1.O=C(O)C(F)(F)F. The zero-order chi connectivity index (χ0) is 26.3. The van der Waals surface area contributed by atoms with Crippen LogP contribution in [-0.4, -0.2) is 65.4 Å². The number of ether oxygens (including phenoxy) is 1. The maximum absolute atomic E-state index is 12.8. The number of aliphatic hydroxyl groups excluding tert-OH is 1. The van der Waals surface area contributed by atoms with Crippen molar-refractivity contribution in [2.75, 3.05) is 23.4 Å². The van der Waals surface area contributed by atoms with Crippen LogP contribution in [0.15, 0.2) is 48.5 Å². The van der Waals surface area contributed by atoms with Crippen molar-refractivity contribution >= 4 is 35.0 Å². The van der Waals surface area contributed by atoms with E-state index < -0.39 is 36.2 Å². The smallest absolute Gasteiger partial charge is 0.475 e. The number of nitrogens with two attached hydrogens (primary N) is 1. The van der Waals surface area contributed by atoms with Gasteiger partial charge >= 0.3 is 12.1 Å². The predicted octanol–water partition coefficient (Wildman–Crippen LogP) is 1.64. The second-order valence-corrected chi connectivity index (χ2v) is 7.34. The van der Waals surface area contributed by atoms with Crippen LogP contribution in [0.2, 0.25) is 0 Å². The van der Waals surface area contributed by atoms with Crippen molar-refractivity contribution in [1.29, 1.82) is 5.41 Å². The van der Waals surface area contributed by atoms with Gasteiger partial charge in [0.05, 0.1) is 6.61 Å². The molecule has 188 valence electrons. The van der Waals surface area contributed by atoms with Crippen LogP contribution in [0, 0.1) is 12.3 Å². The third-order valence-corrected chi connectivity index (χ3v) is 4.73. The van der Waals surface area contributed by atoms with E-state index in [4.69, 9.17) is 25.8 Å². The Balaban J connectivity index is 0.000000540. The Morgan fingerprint density at radius 2 is 1.71 bits per heavy atom. The van der Waals surface area contributed by atoms with Gasteiger partial charge in [-0.2, -0.15) is 13.2 Å². The number of carbonyl (C=O) groups excluding carboxylic acids is 2. The molecule has 0 bridgehead atoms. The number of nitrogens with zero attached hydrogens (tertiary/aromatic N) is 1. The van der Waals surface area contributed by atoms with Crippen molar-refractivity contribution in [3.63, 3.8) is 0 Å². The molecule has 2 aromatic rings. The van der Waals surface area contributed by atoms with E-state index in [1.54, 1.807) is 24.3 Å². The Bertz CT molecular complexity index is 1070. The summed E-state index contributed by atoms with van der Waals surface area (Å²) in [6.45, 7) is 2.51. The van der Waals surface area contributed by atoms with Gasteiger partial charge in [0.2, 0.25) is 0 Å². The molecule has 0 saturated carbocycles. The summed E-state index contributed by atoms with van der Waals surface area (Å²) < 4.78 is 37.1. The van der Waals surface area contributed by atoms with Gasteiger partial charge in [-0.1, -0.05) is 17.7 Å². The summed E-state index contributed by atoms with van der Waals surface area (Å²) in [6, 6.07) is 13.7. The molecule has 10 nitrogen and oxygen atoms in total. The van der Waals surface area contributed by atoms with Crippen molar-refractivity contribution in [2.24, 2.45) is 5.73 Å². The first-order chi connectivity index (χ1) is 16.3. The number of aliphatic hydroxyl groups is 1. The van der Waals surface area contributed by atoms with E-state index in [-0.39, 0.29) is 12.4 Å². The Morgan fingerprint density at radius 1 is 1.17 bits per heavy atom. The minimum Gasteiger partial charge on any atom is -0.475 e. The molecule has 0 aromatic heterocycles. The molecule has 1 aliphatic heterocycles. The molecule has 2 unspecified atom stereocenters. The third-order valence-electron chi connectivity index (χ3n) is 4.73. The number of alkyl halides is 3. The van der Waals surface area contributed by atoms with E-state index in [1.807, 2.05) is 31.2 Å². The summed E-state index contributed by atoms with van der Waals surface area (Å²) in [5.74, 6) is -4.06. The highest BCUT2D eigenvalue weighted by Crippen LogP contribution is 2.21.